The molecule has 4 heteroatoms. The van der Waals surface area contributed by atoms with Crippen LogP contribution >= 0.6 is 0 Å². The van der Waals surface area contributed by atoms with E-state index in [1.54, 1.807) is 0 Å². The summed E-state index contributed by atoms with van der Waals surface area (Å²) in [6, 6.07) is 15.2. The van der Waals surface area contributed by atoms with E-state index in [9.17, 15) is 4.79 Å². The monoisotopic (exact) mass is 379 g/mol. The standard InChI is InChI=1S/C24H33N3O/c1-18-16-22(26(3)4)17-19(2)23(18)25-24(28)27-15-9-8-12-21(27)14-13-20-10-6-5-7-11-20/h5-7,10-11,16-17,21H,8-9,12-15H2,1-4H3,(H,25,28)/t21-/m1/s1. The zero-order valence-electron chi connectivity index (χ0n) is 17.7. The first kappa shape index (κ1) is 20.2. The van der Waals surface area contributed by atoms with E-state index in [2.05, 4.69) is 71.4 Å². The summed E-state index contributed by atoms with van der Waals surface area (Å²) in [4.78, 5) is 17.3. The van der Waals surface area contributed by atoms with Gasteiger partial charge in [0.15, 0.2) is 0 Å². The third kappa shape index (κ3) is 4.86. The Morgan fingerprint density at radius 3 is 2.43 bits per heavy atom. The van der Waals surface area contributed by atoms with E-state index in [1.807, 2.05) is 14.1 Å². The molecule has 0 aromatic heterocycles. The molecule has 0 saturated carbocycles. The van der Waals surface area contributed by atoms with E-state index in [4.69, 9.17) is 0 Å². The molecule has 0 unspecified atom stereocenters. The van der Waals surface area contributed by atoms with E-state index in [-0.39, 0.29) is 6.03 Å². The molecule has 2 aromatic carbocycles. The zero-order valence-corrected chi connectivity index (χ0v) is 17.7. The Morgan fingerprint density at radius 1 is 1.11 bits per heavy atom. The van der Waals surface area contributed by atoms with Crippen LogP contribution in [0.4, 0.5) is 16.2 Å². The van der Waals surface area contributed by atoms with Gasteiger partial charge in [0.1, 0.15) is 0 Å². The largest absolute Gasteiger partial charge is 0.378 e. The molecular weight excluding hydrogens is 346 g/mol. The Hall–Kier alpha value is -2.49. The lowest BCUT2D eigenvalue weighted by molar-refractivity contribution is 0.158. The minimum absolute atomic E-state index is 0.0431. The van der Waals surface area contributed by atoms with Gasteiger partial charge in [-0.3, -0.25) is 0 Å². The highest BCUT2D eigenvalue weighted by Gasteiger charge is 2.27. The average molecular weight is 380 g/mol. The first-order valence-electron chi connectivity index (χ1n) is 10.4. The number of carbonyl (C=O) groups excluding carboxylic acids is 1. The van der Waals surface area contributed by atoms with Crippen LogP contribution in [0.3, 0.4) is 0 Å². The number of likely N-dealkylation sites (tertiary alicyclic amines) is 1. The lowest BCUT2D eigenvalue weighted by Crippen LogP contribution is -2.46. The van der Waals surface area contributed by atoms with Gasteiger partial charge < -0.3 is 15.1 Å². The predicted octanol–water partition coefficient (Wildman–Crippen LogP) is 5.39. The van der Waals surface area contributed by atoms with Gasteiger partial charge in [0.05, 0.1) is 0 Å². The summed E-state index contributed by atoms with van der Waals surface area (Å²) in [6.45, 7) is 4.98. The molecule has 1 fully saturated rings. The van der Waals surface area contributed by atoms with Crippen molar-refractivity contribution in [2.45, 2.75) is 52.0 Å². The van der Waals surface area contributed by atoms with Gasteiger partial charge in [-0.15, -0.1) is 0 Å². The highest BCUT2D eigenvalue weighted by atomic mass is 16.2. The molecule has 28 heavy (non-hydrogen) atoms. The molecule has 4 nitrogen and oxygen atoms in total. The van der Waals surface area contributed by atoms with Crippen LogP contribution < -0.4 is 10.2 Å². The SMILES string of the molecule is Cc1cc(N(C)C)cc(C)c1NC(=O)N1CCCC[C@@H]1CCc1ccccc1. The molecule has 1 N–H and O–H groups in total. The minimum atomic E-state index is 0.0431. The summed E-state index contributed by atoms with van der Waals surface area (Å²) in [7, 11) is 4.08. The first-order chi connectivity index (χ1) is 13.5. The van der Waals surface area contributed by atoms with Crippen molar-refractivity contribution in [2.75, 3.05) is 30.9 Å². The van der Waals surface area contributed by atoms with Crippen molar-refractivity contribution in [3.63, 3.8) is 0 Å². The number of benzene rings is 2. The second kappa shape index (κ2) is 9.13. The minimum Gasteiger partial charge on any atom is -0.378 e. The Balaban J connectivity index is 1.69. The number of carbonyl (C=O) groups is 1. The molecular formula is C24H33N3O. The second-order valence-electron chi connectivity index (χ2n) is 8.15. The molecule has 2 amide bonds. The number of rotatable bonds is 5. The summed E-state index contributed by atoms with van der Waals surface area (Å²) in [5, 5.41) is 3.21. The van der Waals surface area contributed by atoms with Crippen molar-refractivity contribution in [3.8, 4) is 0 Å². The molecule has 0 bridgehead atoms. The molecule has 0 spiro atoms. The Bertz CT molecular complexity index is 778. The van der Waals surface area contributed by atoms with Gasteiger partial charge in [-0.2, -0.15) is 0 Å². The van der Waals surface area contributed by atoms with Crippen molar-refractivity contribution >= 4 is 17.4 Å². The number of urea groups is 1. The van der Waals surface area contributed by atoms with Crippen LogP contribution in [0.2, 0.25) is 0 Å². The van der Waals surface area contributed by atoms with Crippen molar-refractivity contribution in [1.82, 2.24) is 4.90 Å². The summed E-state index contributed by atoms with van der Waals surface area (Å²) in [6.07, 6.45) is 5.43. The predicted molar refractivity (Wildman–Crippen MR) is 118 cm³/mol. The molecule has 150 valence electrons. The van der Waals surface area contributed by atoms with Crippen LogP contribution in [0.5, 0.6) is 0 Å². The quantitative estimate of drug-likeness (QED) is 0.756. The van der Waals surface area contributed by atoms with Crippen LogP contribution in [0.25, 0.3) is 0 Å². The second-order valence-corrected chi connectivity index (χ2v) is 8.15. The topological polar surface area (TPSA) is 35.6 Å². The van der Waals surface area contributed by atoms with Crippen molar-refractivity contribution < 1.29 is 4.79 Å². The van der Waals surface area contributed by atoms with E-state index in [1.165, 1.54) is 12.0 Å². The van der Waals surface area contributed by atoms with Crippen LogP contribution in [-0.2, 0) is 6.42 Å². The molecule has 1 aliphatic rings. The average Bonchev–Trinajstić information content (AvgIpc) is 2.69. The maximum Gasteiger partial charge on any atom is 0.322 e. The summed E-state index contributed by atoms with van der Waals surface area (Å²) < 4.78 is 0. The fourth-order valence-corrected chi connectivity index (χ4v) is 4.12. The highest BCUT2D eigenvalue weighted by molar-refractivity contribution is 5.91. The number of nitrogens with one attached hydrogen (secondary N) is 1. The van der Waals surface area contributed by atoms with Gasteiger partial charge in [0.25, 0.3) is 0 Å². The number of anilines is 2. The molecule has 2 aromatic rings. The number of piperidine rings is 1. The molecule has 1 saturated heterocycles. The lowest BCUT2D eigenvalue weighted by Gasteiger charge is -2.36. The number of hydrogen-bond acceptors (Lipinski definition) is 2. The maximum absolute atomic E-state index is 13.1. The molecule has 1 heterocycles. The Kier molecular flexibility index (Phi) is 6.61. The van der Waals surface area contributed by atoms with Crippen molar-refractivity contribution in [2.24, 2.45) is 0 Å². The number of aryl methyl sites for hydroxylation is 3. The van der Waals surface area contributed by atoms with Gasteiger partial charge >= 0.3 is 6.03 Å². The fraction of sp³-hybridized carbons (Fsp3) is 0.458. The van der Waals surface area contributed by atoms with E-state index in [0.29, 0.717) is 6.04 Å². The molecule has 1 atom stereocenters. The first-order valence-corrected chi connectivity index (χ1v) is 10.4. The van der Waals surface area contributed by atoms with E-state index >= 15 is 0 Å². The third-order valence-electron chi connectivity index (χ3n) is 5.76. The van der Waals surface area contributed by atoms with Crippen molar-refractivity contribution in [1.29, 1.82) is 0 Å². The van der Waals surface area contributed by atoms with E-state index < -0.39 is 0 Å². The number of nitrogens with zero attached hydrogens (tertiary/aromatic N) is 2. The highest BCUT2D eigenvalue weighted by Crippen LogP contribution is 2.28. The number of amides is 2. The lowest BCUT2D eigenvalue weighted by atomic mass is 9.96. The van der Waals surface area contributed by atoms with Crippen LogP contribution in [0.1, 0.15) is 42.4 Å². The summed E-state index contributed by atoms with van der Waals surface area (Å²) >= 11 is 0. The zero-order chi connectivity index (χ0) is 20.1. The molecule has 1 aliphatic heterocycles. The molecule has 0 radical (unpaired) electrons. The fourth-order valence-electron chi connectivity index (χ4n) is 4.12. The number of hydrogen-bond donors (Lipinski definition) is 1. The van der Waals surface area contributed by atoms with Crippen LogP contribution in [-0.4, -0.2) is 37.6 Å². The summed E-state index contributed by atoms with van der Waals surface area (Å²) in [5.74, 6) is 0. The third-order valence-corrected chi connectivity index (χ3v) is 5.76. The maximum atomic E-state index is 13.1. The molecule has 0 aliphatic carbocycles. The molecule has 3 rings (SSSR count). The van der Waals surface area contributed by atoms with Gasteiger partial charge in [-0.25, -0.2) is 4.79 Å². The smallest absolute Gasteiger partial charge is 0.322 e. The van der Waals surface area contributed by atoms with Crippen LogP contribution in [0.15, 0.2) is 42.5 Å². The Morgan fingerprint density at radius 2 is 1.79 bits per heavy atom. The summed E-state index contributed by atoms with van der Waals surface area (Å²) in [5.41, 5.74) is 5.67. The van der Waals surface area contributed by atoms with Gasteiger partial charge in [-0.05, 0) is 74.8 Å². The van der Waals surface area contributed by atoms with Gasteiger partial charge in [-0.1, -0.05) is 30.3 Å². The van der Waals surface area contributed by atoms with Crippen molar-refractivity contribution in [3.05, 3.63) is 59.2 Å². The Labute approximate surface area is 169 Å². The van der Waals surface area contributed by atoms with Gasteiger partial charge in [0, 0.05) is 38.1 Å². The van der Waals surface area contributed by atoms with Crippen LogP contribution in [0, 0.1) is 13.8 Å². The van der Waals surface area contributed by atoms with Gasteiger partial charge in [0.2, 0.25) is 0 Å². The normalized spacial score (nSPS) is 16.7. The van der Waals surface area contributed by atoms with E-state index in [0.717, 1.165) is 54.7 Å².